The average molecular weight is 438 g/mol. The molecule has 3 amide bonds. The Morgan fingerprint density at radius 1 is 1.12 bits per heavy atom. The summed E-state index contributed by atoms with van der Waals surface area (Å²) in [6.45, 7) is 4.68. The molecule has 1 atom stereocenters. The van der Waals surface area contributed by atoms with Crippen molar-refractivity contribution in [3.05, 3.63) is 59.3 Å². The van der Waals surface area contributed by atoms with Crippen LogP contribution in [0, 0.1) is 0 Å². The van der Waals surface area contributed by atoms with Gasteiger partial charge in [-0.05, 0) is 23.6 Å². The standard InChI is InChI=1S/C23H26N4O5/c28-20-9-8-19(23(30)26-20)25-22(29)18-2-1-3-21(24-18)32-15-17-6-4-16(5-7-17)14-27-10-12-31-13-11-27/h1-7,19H,8-15H2,(H,25,29)(H,26,28,30). The number of amides is 3. The number of ether oxygens (including phenoxy) is 2. The van der Waals surface area contributed by atoms with Crippen molar-refractivity contribution >= 4 is 17.7 Å². The van der Waals surface area contributed by atoms with Crippen LogP contribution in [-0.2, 0) is 27.5 Å². The van der Waals surface area contributed by atoms with Crippen LogP contribution in [0.15, 0.2) is 42.5 Å². The first-order chi connectivity index (χ1) is 15.6. The lowest BCUT2D eigenvalue weighted by atomic mass is 10.1. The summed E-state index contributed by atoms with van der Waals surface area (Å²) in [4.78, 5) is 42.1. The third-order valence-electron chi connectivity index (χ3n) is 5.42. The zero-order chi connectivity index (χ0) is 22.3. The maximum Gasteiger partial charge on any atom is 0.270 e. The molecular weight excluding hydrogens is 412 g/mol. The van der Waals surface area contributed by atoms with Crippen LogP contribution in [0.4, 0.5) is 0 Å². The van der Waals surface area contributed by atoms with Gasteiger partial charge in [0.15, 0.2) is 0 Å². The number of imide groups is 1. The van der Waals surface area contributed by atoms with Crippen LogP contribution < -0.4 is 15.4 Å². The molecule has 168 valence electrons. The highest BCUT2D eigenvalue weighted by atomic mass is 16.5. The normalized spacial score (nSPS) is 19.3. The van der Waals surface area contributed by atoms with E-state index in [-0.39, 0.29) is 24.4 Å². The van der Waals surface area contributed by atoms with Crippen LogP contribution in [-0.4, -0.2) is 60.0 Å². The second-order valence-corrected chi connectivity index (χ2v) is 7.83. The number of aromatic nitrogens is 1. The maximum absolute atomic E-state index is 12.5. The summed E-state index contributed by atoms with van der Waals surface area (Å²) < 4.78 is 11.1. The Labute approximate surface area is 186 Å². The number of hydrogen-bond acceptors (Lipinski definition) is 7. The summed E-state index contributed by atoms with van der Waals surface area (Å²) >= 11 is 0. The Bertz CT molecular complexity index is 973. The van der Waals surface area contributed by atoms with Crippen LogP contribution in [0.3, 0.4) is 0 Å². The maximum atomic E-state index is 12.5. The largest absolute Gasteiger partial charge is 0.473 e. The molecule has 0 radical (unpaired) electrons. The second-order valence-electron chi connectivity index (χ2n) is 7.83. The topological polar surface area (TPSA) is 110 Å². The number of carbonyl (C=O) groups is 3. The monoisotopic (exact) mass is 438 g/mol. The third kappa shape index (κ3) is 5.89. The van der Waals surface area contributed by atoms with Crippen molar-refractivity contribution in [1.29, 1.82) is 0 Å². The Balaban J connectivity index is 1.29. The first-order valence-corrected chi connectivity index (χ1v) is 10.7. The van der Waals surface area contributed by atoms with E-state index in [0.29, 0.717) is 12.5 Å². The predicted molar refractivity (Wildman–Crippen MR) is 115 cm³/mol. The molecule has 0 saturated carbocycles. The highest BCUT2D eigenvalue weighted by Crippen LogP contribution is 2.14. The molecular formula is C23H26N4O5. The fourth-order valence-corrected chi connectivity index (χ4v) is 3.60. The van der Waals surface area contributed by atoms with Crippen LogP contribution >= 0.6 is 0 Å². The minimum Gasteiger partial charge on any atom is -0.473 e. The predicted octanol–water partition coefficient (Wildman–Crippen LogP) is 1.03. The minimum atomic E-state index is -0.748. The lowest BCUT2D eigenvalue weighted by Crippen LogP contribution is -2.52. The molecule has 1 unspecified atom stereocenters. The number of nitrogens with one attached hydrogen (secondary N) is 2. The molecule has 2 fully saturated rings. The first kappa shape index (κ1) is 21.9. The Morgan fingerprint density at radius 2 is 1.88 bits per heavy atom. The van der Waals surface area contributed by atoms with Gasteiger partial charge in [0.25, 0.3) is 5.91 Å². The summed E-state index contributed by atoms with van der Waals surface area (Å²) in [5.74, 6) is -1.00. The van der Waals surface area contributed by atoms with Gasteiger partial charge in [0, 0.05) is 32.1 Å². The van der Waals surface area contributed by atoms with E-state index < -0.39 is 17.9 Å². The molecule has 2 N–H and O–H groups in total. The van der Waals surface area contributed by atoms with Gasteiger partial charge in [-0.1, -0.05) is 30.3 Å². The van der Waals surface area contributed by atoms with Gasteiger partial charge in [-0.2, -0.15) is 0 Å². The van der Waals surface area contributed by atoms with E-state index in [0.717, 1.165) is 38.4 Å². The van der Waals surface area contributed by atoms with Crippen molar-refractivity contribution in [2.24, 2.45) is 0 Å². The van der Waals surface area contributed by atoms with Gasteiger partial charge in [-0.25, -0.2) is 4.98 Å². The van der Waals surface area contributed by atoms with Gasteiger partial charge >= 0.3 is 0 Å². The van der Waals surface area contributed by atoms with Crippen molar-refractivity contribution < 1.29 is 23.9 Å². The molecule has 0 aliphatic carbocycles. The Hall–Kier alpha value is -3.30. The van der Waals surface area contributed by atoms with Crippen LogP contribution in [0.2, 0.25) is 0 Å². The quantitative estimate of drug-likeness (QED) is 0.622. The number of piperidine rings is 1. The highest BCUT2D eigenvalue weighted by Gasteiger charge is 2.28. The number of nitrogens with zero attached hydrogens (tertiary/aromatic N) is 2. The molecule has 1 aromatic heterocycles. The van der Waals surface area contributed by atoms with Gasteiger partial charge in [0.1, 0.15) is 18.3 Å². The van der Waals surface area contributed by atoms with E-state index in [1.54, 1.807) is 18.2 Å². The van der Waals surface area contributed by atoms with Gasteiger partial charge in [0.2, 0.25) is 17.7 Å². The van der Waals surface area contributed by atoms with Gasteiger partial charge in [-0.15, -0.1) is 0 Å². The molecule has 2 aliphatic rings. The Kier molecular flexibility index (Phi) is 7.08. The molecule has 2 saturated heterocycles. The highest BCUT2D eigenvalue weighted by molar-refractivity contribution is 6.03. The minimum absolute atomic E-state index is 0.146. The molecule has 3 heterocycles. The molecule has 0 spiro atoms. The van der Waals surface area contributed by atoms with Crippen LogP contribution in [0.1, 0.15) is 34.5 Å². The molecule has 4 rings (SSSR count). The lowest BCUT2D eigenvalue weighted by Gasteiger charge is -2.26. The van der Waals surface area contributed by atoms with E-state index in [9.17, 15) is 14.4 Å². The number of rotatable bonds is 7. The van der Waals surface area contributed by atoms with E-state index in [1.807, 2.05) is 12.1 Å². The van der Waals surface area contributed by atoms with Gasteiger partial charge < -0.3 is 14.8 Å². The van der Waals surface area contributed by atoms with Crippen LogP contribution in [0.5, 0.6) is 5.88 Å². The SMILES string of the molecule is O=C1CCC(NC(=O)c2cccc(OCc3ccc(CN4CCOCC4)cc3)n2)C(=O)N1. The summed E-state index contributed by atoms with van der Waals surface area (Å²) in [7, 11) is 0. The first-order valence-electron chi connectivity index (χ1n) is 10.7. The third-order valence-corrected chi connectivity index (χ3v) is 5.42. The second kappa shape index (κ2) is 10.3. The molecule has 1 aromatic carbocycles. The van der Waals surface area contributed by atoms with Crippen molar-refractivity contribution in [2.75, 3.05) is 26.3 Å². The molecule has 32 heavy (non-hydrogen) atoms. The van der Waals surface area contributed by atoms with E-state index in [4.69, 9.17) is 9.47 Å². The molecule has 9 heteroatoms. The molecule has 9 nitrogen and oxygen atoms in total. The summed E-state index contributed by atoms with van der Waals surface area (Å²) in [6.07, 6.45) is 0.465. The van der Waals surface area contributed by atoms with E-state index in [1.165, 1.54) is 5.56 Å². The van der Waals surface area contributed by atoms with Crippen molar-refractivity contribution in [3.8, 4) is 5.88 Å². The molecule has 2 aromatic rings. The van der Waals surface area contributed by atoms with E-state index in [2.05, 4.69) is 32.7 Å². The zero-order valence-electron chi connectivity index (χ0n) is 17.7. The number of pyridine rings is 1. The number of benzene rings is 1. The molecule has 2 aliphatic heterocycles. The van der Waals surface area contributed by atoms with Crippen molar-refractivity contribution in [1.82, 2.24) is 20.5 Å². The number of morpholine rings is 1. The fraction of sp³-hybridized carbons (Fsp3) is 0.391. The summed E-state index contributed by atoms with van der Waals surface area (Å²) in [5.41, 5.74) is 2.38. The van der Waals surface area contributed by atoms with Gasteiger partial charge in [0.05, 0.1) is 13.2 Å². The van der Waals surface area contributed by atoms with Crippen molar-refractivity contribution in [3.63, 3.8) is 0 Å². The number of carbonyl (C=O) groups excluding carboxylic acids is 3. The smallest absolute Gasteiger partial charge is 0.270 e. The lowest BCUT2D eigenvalue weighted by molar-refractivity contribution is -0.134. The van der Waals surface area contributed by atoms with Gasteiger partial charge in [-0.3, -0.25) is 24.6 Å². The fourth-order valence-electron chi connectivity index (χ4n) is 3.60. The summed E-state index contributed by atoms with van der Waals surface area (Å²) in [6, 6.07) is 12.4. The van der Waals surface area contributed by atoms with E-state index >= 15 is 0 Å². The molecule has 0 bridgehead atoms. The zero-order valence-corrected chi connectivity index (χ0v) is 17.7. The van der Waals surface area contributed by atoms with Crippen molar-refractivity contribution in [2.45, 2.75) is 32.0 Å². The average Bonchev–Trinajstić information content (AvgIpc) is 2.81. The van der Waals surface area contributed by atoms with Crippen LogP contribution in [0.25, 0.3) is 0 Å². The summed E-state index contributed by atoms with van der Waals surface area (Å²) in [5, 5.41) is 4.83. The Morgan fingerprint density at radius 3 is 2.62 bits per heavy atom. The number of hydrogen-bond donors (Lipinski definition) is 2.